The van der Waals surface area contributed by atoms with Crippen LogP contribution in [0.15, 0.2) is 42.5 Å². The first-order valence-corrected chi connectivity index (χ1v) is 8.89. The highest BCUT2D eigenvalue weighted by atomic mass is 32.1. The van der Waals surface area contributed by atoms with Gasteiger partial charge in [-0.3, -0.25) is 10.1 Å². The minimum atomic E-state index is -1.24. The third kappa shape index (κ3) is 4.12. The van der Waals surface area contributed by atoms with E-state index in [1.807, 2.05) is 24.3 Å². The van der Waals surface area contributed by atoms with Crippen molar-refractivity contribution in [3.63, 3.8) is 0 Å². The molecule has 138 valence electrons. The van der Waals surface area contributed by atoms with Gasteiger partial charge in [0.05, 0.1) is 15.1 Å². The van der Waals surface area contributed by atoms with Crippen molar-refractivity contribution in [2.24, 2.45) is 0 Å². The highest BCUT2D eigenvalue weighted by molar-refractivity contribution is 7.19. The van der Waals surface area contributed by atoms with Crippen LogP contribution in [0, 0.1) is 10.1 Å². The Morgan fingerprint density at radius 3 is 2.63 bits per heavy atom. The van der Waals surface area contributed by atoms with E-state index in [9.17, 15) is 20.0 Å². The Bertz CT molecular complexity index is 1020. The number of carboxylic acid groups (broad SMARTS) is 1. The molecule has 1 aromatic heterocycles. The van der Waals surface area contributed by atoms with E-state index in [1.165, 1.54) is 17.4 Å². The quantitative estimate of drug-likeness (QED) is 0.480. The molecule has 0 saturated heterocycles. The maximum Gasteiger partial charge on any atom is 0.293 e. The third-order valence-corrected chi connectivity index (χ3v) is 5.03. The van der Waals surface area contributed by atoms with E-state index in [0.29, 0.717) is 21.8 Å². The molecule has 0 fully saturated rings. The number of para-hydroxylation sites is 1. The minimum absolute atomic E-state index is 0.0501. The number of thiazole rings is 1. The van der Waals surface area contributed by atoms with Crippen LogP contribution in [-0.2, 0) is 4.79 Å². The second-order valence-electron chi connectivity index (χ2n) is 6.10. The summed E-state index contributed by atoms with van der Waals surface area (Å²) in [5.74, 6) is -1.24. The number of anilines is 1. The molecule has 2 aromatic carbocycles. The van der Waals surface area contributed by atoms with Crippen molar-refractivity contribution in [1.82, 2.24) is 4.98 Å². The molecule has 0 radical (unpaired) electrons. The first-order chi connectivity index (χ1) is 12.8. The lowest BCUT2D eigenvalue weighted by molar-refractivity contribution is -0.384. The van der Waals surface area contributed by atoms with Crippen LogP contribution >= 0.6 is 11.3 Å². The lowest BCUT2D eigenvalue weighted by atomic mass is 10.1. The van der Waals surface area contributed by atoms with Gasteiger partial charge in [-0.1, -0.05) is 18.2 Å². The van der Waals surface area contributed by atoms with Crippen molar-refractivity contribution in [2.45, 2.75) is 6.42 Å². The lowest BCUT2D eigenvalue weighted by Gasteiger charge is -2.13. The summed E-state index contributed by atoms with van der Waals surface area (Å²) in [7, 11) is 3.45. The Kier molecular flexibility index (Phi) is 5.18. The first-order valence-electron chi connectivity index (χ1n) is 8.07. The van der Waals surface area contributed by atoms with Crippen LogP contribution < -0.4 is 10.0 Å². The summed E-state index contributed by atoms with van der Waals surface area (Å²) in [6, 6.07) is 12.3. The van der Waals surface area contributed by atoms with Crippen molar-refractivity contribution in [2.75, 3.05) is 19.0 Å². The molecule has 0 aliphatic carbocycles. The fourth-order valence-electron chi connectivity index (χ4n) is 2.71. The number of hydrogen-bond donors (Lipinski definition) is 0. The van der Waals surface area contributed by atoms with Gasteiger partial charge < -0.3 is 14.8 Å². The standard InChI is InChI=1S/C19H17N3O4S/c1-21(2)15-8-7-12(10-16(15)22(25)26)9-13(11-18(23)24)19-20-14-5-3-4-6-17(14)27-19/h3-10H,11H2,1-2H3,(H,23,24)/p-1/b13-9+. The van der Waals surface area contributed by atoms with Crippen LogP contribution in [0.4, 0.5) is 11.4 Å². The predicted molar refractivity (Wildman–Crippen MR) is 105 cm³/mol. The predicted octanol–water partition coefficient (Wildman–Crippen LogP) is 2.95. The van der Waals surface area contributed by atoms with Crippen LogP contribution in [0.25, 0.3) is 21.9 Å². The van der Waals surface area contributed by atoms with Gasteiger partial charge in [-0.25, -0.2) is 4.98 Å². The van der Waals surface area contributed by atoms with Gasteiger partial charge in [0.1, 0.15) is 10.7 Å². The number of nitro benzene ring substituents is 1. The van der Waals surface area contributed by atoms with Gasteiger partial charge in [-0.05, 0) is 35.4 Å². The molecule has 0 aliphatic rings. The normalized spacial score (nSPS) is 11.6. The van der Waals surface area contributed by atoms with Gasteiger partial charge in [0.15, 0.2) is 0 Å². The number of carbonyl (C=O) groups is 1. The van der Waals surface area contributed by atoms with Gasteiger partial charge in [0.25, 0.3) is 5.69 Å². The summed E-state index contributed by atoms with van der Waals surface area (Å²) in [6.07, 6.45) is 1.28. The van der Waals surface area contributed by atoms with Crippen molar-refractivity contribution < 1.29 is 14.8 Å². The number of nitro groups is 1. The Morgan fingerprint density at radius 1 is 1.26 bits per heavy atom. The maximum absolute atomic E-state index is 11.4. The van der Waals surface area contributed by atoms with Gasteiger partial charge in [-0.15, -0.1) is 11.3 Å². The van der Waals surface area contributed by atoms with Gasteiger partial charge in [0.2, 0.25) is 0 Å². The second-order valence-corrected chi connectivity index (χ2v) is 7.14. The van der Waals surface area contributed by atoms with Crippen LogP contribution in [0.5, 0.6) is 0 Å². The van der Waals surface area contributed by atoms with Crippen molar-refractivity contribution >= 4 is 50.5 Å². The summed E-state index contributed by atoms with van der Waals surface area (Å²) in [5.41, 5.74) is 2.17. The van der Waals surface area contributed by atoms with Crippen LogP contribution in [-0.4, -0.2) is 30.0 Å². The number of nitrogens with zero attached hydrogens (tertiary/aromatic N) is 3. The zero-order chi connectivity index (χ0) is 19.6. The molecule has 0 amide bonds. The Hall–Kier alpha value is -3.26. The molecule has 0 atom stereocenters. The molecular weight excluding hydrogens is 366 g/mol. The second kappa shape index (κ2) is 7.55. The zero-order valence-corrected chi connectivity index (χ0v) is 15.5. The number of rotatable bonds is 6. The minimum Gasteiger partial charge on any atom is -0.550 e. The Balaban J connectivity index is 2.09. The van der Waals surface area contributed by atoms with Crippen molar-refractivity contribution in [1.29, 1.82) is 0 Å². The van der Waals surface area contributed by atoms with E-state index in [-0.39, 0.29) is 12.1 Å². The van der Waals surface area contributed by atoms with E-state index in [4.69, 9.17) is 0 Å². The number of carboxylic acids is 1. The van der Waals surface area contributed by atoms with Gasteiger partial charge in [-0.2, -0.15) is 0 Å². The van der Waals surface area contributed by atoms with Crippen LogP contribution in [0.3, 0.4) is 0 Å². The van der Waals surface area contributed by atoms with E-state index in [1.54, 1.807) is 37.2 Å². The molecule has 7 nitrogen and oxygen atoms in total. The number of benzene rings is 2. The third-order valence-electron chi connectivity index (χ3n) is 3.92. The molecule has 0 spiro atoms. The molecular formula is C19H16N3O4S-. The monoisotopic (exact) mass is 382 g/mol. The fraction of sp³-hybridized carbons (Fsp3) is 0.158. The molecule has 1 heterocycles. The summed E-state index contributed by atoms with van der Waals surface area (Å²) in [4.78, 5) is 28.3. The summed E-state index contributed by atoms with van der Waals surface area (Å²) >= 11 is 1.37. The number of carbonyl (C=O) groups excluding carboxylic acids is 1. The van der Waals surface area contributed by atoms with Crippen molar-refractivity contribution in [3.8, 4) is 0 Å². The SMILES string of the molecule is CN(C)c1ccc(/C=C(\CC(=O)[O-])c2nc3ccccc3s2)cc1[N+](=O)[O-]. The number of aromatic nitrogens is 1. The van der Waals surface area contributed by atoms with E-state index in [0.717, 1.165) is 10.2 Å². The van der Waals surface area contributed by atoms with E-state index >= 15 is 0 Å². The molecule has 0 N–H and O–H groups in total. The van der Waals surface area contributed by atoms with Crippen LogP contribution in [0.2, 0.25) is 0 Å². The zero-order valence-electron chi connectivity index (χ0n) is 14.7. The van der Waals surface area contributed by atoms with E-state index in [2.05, 4.69) is 4.98 Å². The highest BCUT2D eigenvalue weighted by Gasteiger charge is 2.16. The molecule has 0 bridgehead atoms. The van der Waals surface area contributed by atoms with Gasteiger partial charge in [0, 0.05) is 32.6 Å². The molecule has 27 heavy (non-hydrogen) atoms. The van der Waals surface area contributed by atoms with Crippen molar-refractivity contribution in [3.05, 3.63) is 63.1 Å². The summed E-state index contributed by atoms with van der Waals surface area (Å²) in [5, 5.41) is 23.1. The van der Waals surface area contributed by atoms with Crippen LogP contribution in [0.1, 0.15) is 17.0 Å². The number of hydrogen-bond acceptors (Lipinski definition) is 7. The average Bonchev–Trinajstić information content (AvgIpc) is 3.04. The Labute approximate surface area is 159 Å². The van der Waals surface area contributed by atoms with Gasteiger partial charge >= 0.3 is 0 Å². The maximum atomic E-state index is 11.4. The topological polar surface area (TPSA) is 99.4 Å². The molecule has 0 unspecified atom stereocenters. The molecule has 8 heteroatoms. The summed E-state index contributed by atoms with van der Waals surface area (Å²) in [6.45, 7) is 0. The molecule has 0 aliphatic heterocycles. The smallest absolute Gasteiger partial charge is 0.293 e. The molecule has 3 rings (SSSR count). The Morgan fingerprint density at radius 2 is 2.00 bits per heavy atom. The number of fused-ring (bicyclic) bond motifs is 1. The molecule has 3 aromatic rings. The average molecular weight is 382 g/mol. The fourth-order valence-corrected chi connectivity index (χ4v) is 3.69. The summed E-state index contributed by atoms with van der Waals surface area (Å²) < 4.78 is 0.936. The molecule has 0 saturated carbocycles. The largest absolute Gasteiger partial charge is 0.550 e. The highest BCUT2D eigenvalue weighted by Crippen LogP contribution is 2.32. The lowest BCUT2D eigenvalue weighted by Crippen LogP contribution is -2.22. The van der Waals surface area contributed by atoms with E-state index < -0.39 is 10.9 Å². The number of aliphatic carboxylic acids is 1. The first kappa shape index (κ1) is 18.5.